The molecule has 1 aliphatic rings. The average Bonchev–Trinajstić information content (AvgIpc) is 2.62. The van der Waals surface area contributed by atoms with E-state index in [9.17, 15) is 5.11 Å². The van der Waals surface area contributed by atoms with E-state index in [1.165, 1.54) is 5.01 Å². The Morgan fingerprint density at radius 2 is 2.62 bits per heavy atom. The lowest BCUT2D eigenvalue weighted by Crippen LogP contribution is -2.16. The molecule has 1 saturated carbocycles. The summed E-state index contributed by atoms with van der Waals surface area (Å²) < 4.78 is 0. The normalized spacial score (nSPS) is 33.8. The summed E-state index contributed by atoms with van der Waals surface area (Å²) in [6.45, 7) is 2.25. The molecule has 0 saturated heterocycles. The molecule has 13 heavy (non-hydrogen) atoms. The van der Waals surface area contributed by atoms with Crippen molar-refractivity contribution in [3.63, 3.8) is 0 Å². The lowest BCUT2D eigenvalue weighted by Gasteiger charge is -2.21. The maximum atomic E-state index is 9.48. The van der Waals surface area contributed by atoms with E-state index in [1.54, 1.807) is 11.3 Å². The number of rotatable bonds is 2. The van der Waals surface area contributed by atoms with E-state index in [0.717, 1.165) is 25.7 Å². The highest BCUT2D eigenvalue weighted by atomic mass is 32.1. The fourth-order valence-electron chi connectivity index (χ4n) is 2.15. The Morgan fingerprint density at radius 3 is 3.15 bits per heavy atom. The summed E-state index contributed by atoms with van der Waals surface area (Å²) >= 11 is 1.72. The van der Waals surface area contributed by atoms with Crippen LogP contribution in [0.2, 0.25) is 0 Å². The van der Waals surface area contributed by atoms with Crippen molar-refractivity contribution in [3.05, 3.63) is 16.6 Å². The minimum atomic E-state index is -0.0787. The molecular weight excluding hydrogens is 182 g/mol. The van der Waals surface area contributed by atoms with Gasteiger partial charge >= 0.3 is 0 Å². The lowest BCUT2D eigenvalue weighted by molar-refractivity contribution is 0.163. The van der Waals surface area contributed by atoms with Gasteiger partial charge in [0.2, 0.25) is 0 Å². The first kappa shape index (κ1) is 9.16. The number of aromatic nitrogens is 1. The zero-order chi connectivity index (χ0) is 9.31. The van der Waals surface area contributed by atoms with Gasteiger partial charge in [0, 0.05) is 18.0 Å². The van der Waals surface area contributed by atoms with E-state index in [0.29, 0.717) is 0 Å². The molecule has 72 valence electrons. The molecule has 2 unspecified atom stereocenters. The molecule has 1 aromatic heterocycles. The molecule has 0 bridgehead atoms. The highest BCUT2D eigenvalue weighted by Crippen LogP contribution is 2.40. The van der Waals surface area contributed by atoms with Crippen LogP contribution in [0.15, 0.2) is 11.6 Å². The summed E-state index contributed by atoms with van der Waals surface area (Å²) in [4.78, 5) is 4.29. The summed E-state index contributed by atoms with van der Waals surface area (Å²) in [7, 11) is 0. The van der Waals surface area contributed by atoms with E-state index in [2.05, 4.69) is 11.9 Å². The number of thiazole rings is 1. The molecule has 3 heteroatoms. The summed E-state index contributed by atoms with van der Waals surface area (Å²) in [5.74, 6) is 0. The highest BCUT2D eigenvalue weighted by Gasteiger charge is 2.34. The fourth-order valence-corrected chi connectivity index (χ4v) is 2.99. The number of nitrogens with zero attached hydrogens (tertiary/aromatic N) is 1. The molecule has 1 aliphatic carbocycles. The molecule has 0 aliphatic heterocycles. The van der Waals surface area contributed by atoms with Gasteiger partial charge in [-0.25, -0.2) is 4.98 Å². The Labute approximate surface area is 82.6 Å². The van der Waals surface area contributed by atoms with Gasteiger partial charge in [-0.2, -0.15) is 0 Å². The van der Waals surface area contributed by atoms with Crippen molar-refractivity contribution in [3.8, 4) is 0 Å². The maximum absolute atomic E-state index is 9.48. The zero-order valence-electron chi connectivity index (χ0n) is 7.86. The largest absolute Gasteiger partial charge is 0.393 e. The first-order valence-electron chi connectivity index (χ1n) is 4.74. The van der Waals surface area contributed by atoms with Crippen molar-refractivity contribution < 1.29 is 5.11 Å². The molecular formula is C10H15NOS. The average molecular weight is 197 g/mol. The third kappa shape index (κ3) is 2.09. The highest BCUT2D eigenvalue weighted by molar-refractivity contribution is 7.09. The Morgan fingerprint density at radius 1 is 1.77 bits per heavy atom. The van der Waals surface area contributed by atoms with Crippen LogP contribution in [0.4, 0.5) is 0 Å². The van der Waals surface area contributed by atoms with Gasteiger partial charge in [-0.15, -0.1) is 11.3 Å². The van der Waals surface area contributed by atoms with Gasteiger partial charge in [0.15, 0.2) is 0 Å². The van der Waals surface area contributed by atoms with Gasteiger partial charge in [0.25, 0.3) is 0 Å². The third-order valence-corrected chi connectivity index (χ3v) is 3.65. The van der Waals surface area contributed by atoms with E-state index >= 15 is 0 Å². The summed E-state index contributed by atoms with van der Waals surface area (Å²) in [6, 6.07) is 0. The molecule has 2 atom stereocenters. The quantitative estimate of drug-likeness (QED) is 0.788. The van der Waals surface area contributed by atoms with Gasteiger partial charge in [0.05, 0.1) is 11.1 Å². The van der Waals surface area contributed by atoms with Gasteiger partial charge in [-0.3, -0.25) is 0 Å². The predicted octanol–water partition coefficient (Wildman–Crippen LogP) is 2.24. The second kappa shape index (κ2) is 3.39. The Bertz CT molecular complexity index is 272. The van der Waals surface area contributed by atoms with Crippen molar-refractivity contribution in [2.75, 3.05) is 0 Å². The standard InChI is InChI=1S/C10H15NOS/c1-10(3-2-8(12)6-10)7-9-11-4-5-13-9/h4-5,8,12H,2-3,6-7H2,1H3. The monoisotopic (exact) mass is 197 g/mol. The summed E-state index contributed by atoms with van der Waals surface area (Å²) in [5, 5.41) is 12.7. The molecule has 1 aromatic rings. The molecule has 0 amide bonds. The minimum Gasteiger partial charge on any atom is -0.393 e. The van der Waals surface area contributed by atoms with Gasteiger partial charge in [-0.05, 0) is 24.7 Å². The number of hydrogen-bond donors (Lipinski definition) is 1. The van der Waals surface area contributed by atoms with Crippen LogP contribution in [0.25, 0.3) is 0 Å². The first-order valence-corrected chi connectivity index (χ1v) is 5.62. The van der Waals surface area contributed by atoms with Crippen LogP contribution >= 0.6 is 11.3 Å². The number of aliphatic hydroxyl groups excluding tert-OH is 1. The second-order valence-electron chi connectivity index (χ2n) is 4.31. The maximum Gasteiger partial charge on any atom is 0.0930 e. The van der Waals surface area contributed by atoms with Crippen molar-refractivity contribution in [2.45, 2.75) is 38.7 Å². The van der Waals surface area contributed by atoms with E-state index in [1.807, 2.05) is 11.6 Å². The van der Waals surface area contributed by atoms with Crippen molar-refractivity contribution in [1.29, 1.82) is 0 Å². The minimum absolute atomic E-state index is 0.0787. The predicted molar refractivity (Wildman–Crippen MR) is 53.8 cm³/mol. The molecule has 0 aromatic carbocycles. The fraction of sp³-hybridized carbons (Fsp3) is 0.700. The molecule has 1 heterocycles. The van der Waals surface area contributed by atoms with Crippen LogP contribution < -0.4 is 0 Å². The molecule has 2 nitrogen and oxygen atoms in total. The van der Waals surface area contributed by atoms with Crippen molar-refractivity contribution >= 4 is 11.3 Å². The Balaban J connectivity index is 2.01. The van der Waals surface area contributed by atoms with Gasteiger partial charge in [0.1, 0.15) is 0 Å². The second-order valence-corrected chi connectivity index (χ2v) is 5.29. The van der Waals surface area contributed by atoms with E-state index < -0.39 is 0 Å². The van der Waals surface area contributed by atoms with E-state index in [-0.39, 0.29) is 11.5 Å². The van der Waals surface area contributed by atoms with Crippen LogP contribution in [0.1, 0.15) is 31.2 Å². The smallest absolute Gasteiger partial charge is 0.0930 e. The van der Waals surface area contributed by atoms with Gasteiger partial charge in [-0.1, -0.05) is 6.92 Å². The SMILES string of the molecule is CC1(Cc2nccs2)CCC(O)C1. The Kier molecular flexibility index (Phi) is 2.39. The lowest BCUT2D eigenvalue weighted by atomic mass is 9.85. The van der Waals surface area contributed by atoms with Crippen LogP contribution in [0.3, 0.4) is 0 Å². The number of aliphatic hydroxyl groups is 1. The molecule has 1 N–H and O–H groups in total. The molecule has 1 fully saturated rings. The zero-order valence-corrected chi connectivity index (χ0v) is 8.68. The van der Waals surface area contributed by atoms with Gasteiger partial charge < -0.3 is 5.11 Å². The molecule has 0 radical (unpaired) electrons. The third-order valence-electron chi connectivity index (χ3n) is 2.87. The van der Waals surface area contributed by atoms with Crippen molar-refractivity contribution in [1.82, 2.24) is 4.98 Å². The molecule has 2 rings (SSSR count). The topological polar surface area (TPSA) is 33.1 Å². The van der Waals surface area contributed by atoms with E-state index in [4.69, 9.17) is 0 Å². The summed E-state index contributed by atoms with van der Waals surface area (Å²) in [5.41, 5.74) is 0.289. The van der Waals surface area contributed by atoms with Crippen LogP contribution in [0.5, 0.6) is 0 Å². The van der Waals surface area contributed by atoms with Crippen molar-refractivity contribution in [2.24, 2.45) is 5.41 Å². The molecule has 0 spiro atoms. The van der Waals surface area contributed by atoms with Crippen LogP contribution in [-0.2, 0) is 6.42 Å². The first-order chi connectivity index (χ1) is 6.18. The Hall–Kier alpha value is -0.410. The van der Waals surface area contributed by atoms with Crippen LogP contribution in [0, 0.1) is 5.41 Å². The van der Waals surface area contributed by atoms with Crippen LogP contribution in [-0.4, -0.2) is 16.2 Å². The summed E-state index contributed by atoms with van der Waals surface area (Å²) in [6.07, 6.45) is 5.84. The number of hydrogen-bond acceptors (Lipinski definition) is 3.